The van der Waals surface area contributed by atoms with Crippen LogP contribution >= 0.6 is 0 Å². The molecule has 0 saturated heterocycles. The van der Waals surface area contributed by atoms with Crippen LogP contribution in [-0.2, 0) is 18.4 Å². The van der Waals surface area contributed by atoms with Gasteiger partial charge in [0.1, 0.15) is 6.04 Å². The number of imidazole rings is 1. The van der Waals surface area contributed by atoms with Gasteiger partial charge in [0.05, 0.1) is 18.6 Å². The van der Waals surface area contributed by atoms with Gasteiger partial charge < -0.3 is 26.0 Å². The lowest BCUT2D eigenvalue weighted by Crippen LogP contribution is -2.45. The Morgan fingerprint density at radius 3 is 2.82 bits per heavy atom. The van der Waals surface area contributed by atoms with Crippen LogP contribution in [0.1, 0.15) is 5.69 Å². The highest BCUT2D eigenvalue weighted by atomic mass is 16.4. The summed E-state index contributed by atoms with van der Waals surface area (Å²) >= 11 is 0. The van der Waals surface area contributed by atoms with E-state index in [0.29, 0.717) is 5.69 Å². The fourth-order valence-electron chi connectivity index (χ4n) is 1.08. The van der Waals surface area contributed by atoms with Crippen LogP contribution in [0.15, 0.2) is 12.5 Å². The van der Waals surface area contributed by atoms with Gasteiger partial charge in [0, 0.05) is 19.8 Å². The van der Waals surface area contributed by atoms with Crippen molar-refractivity contribution in [2.45, 2.75) is 12.6 Å². The van der Waals surface area contributed by atoms with E-state index in [4.69, 9.17) is 10.8 Å². The Balaban J connectivity index is 2.24. The van der Waals surface area contributed by atoms with Gasteiger partial charge in [-0.05, 0) is 0 Å². The molecule has 0 fully saturated rings. The second-order valence-electron chi connectivity index (χ2n) is 3.54. The molecule has 1 atom stereocenters. The molecule has 5 N–H and O–H groups in total. The number of carboxylic acids is 1. The van der Waals surface area contributed by atoms with Gasteiger partial charge in [-0.1, -0.05) is 0 Å². The van der Waals surface area contributed by atoms with Crippen molar-refractivity contribution in [2.75, 3.05) is 6.54 Å². The number of rotatable bonds is 5. The summed E-state index contributed by atoms with van der Waals surface area (Å²) in [6.07, 6.45) is 3.39. The zero-order valence-electron chi connectivity index (χ0n) is 9.38. The SMILES string of the molecule is Cn1cnc(CNC(=O)NC[C@H](N)C(=O)O)c1. The Hall–Kier alpha value is -2.09. The quantitative estimate of drug-likeness (QED) is 0.506. The first-order valence-corrected chi connectivity index (χ1v) is 4.96. The number of hydrogen-bond donors (Lipinski definition) is 4. The van der Waals surface area contributed by atoms with Crippen LogP contribution in [0.5, 0.6) is 0 Å². The van der Waals surface area contributed by atoms with Gasteiger partial charge in [-0.3, -0.25) is 4.79 Å². The van der Waals surface area contributed by atoms with E-state index in [1.165, 1.54) is 0 Å². The minimum atomic E-state index is -1.16. The van der Waals surface area contributed by atoms with E-state index < -0.39 is 18.0 Å². The van der Waals surface area contributed by atoms with Gasteiger partial charge in [-0.2, -0.15) is 0 Å². The van der Waals surface area contributed by atoms with Crippen LogP contribution in [-0.4, -0.2) is 39.2 Å². The third-order valence-corrected chi connectivity index (χ3v) is 1.99. The highest BCUT2D eigenvalue weighted by molar-refractivity contribution is 5.77. The van der Waals surface area contributed by atoms with Crippen LogP contribution in [0.3, 0.4) is 0 Å². The van der Waals surface area contributed by atoms with Crippen molar-refractivity contribution < 1.29 is 14.7 Å². The lowest BCUT2D eigenvalue weighted by Gasteiger charge is -2.08. The fraction of sp³-hybridized carbons (Fsp3) is 0.444. The third-order valence-electron chi connectivity index (χ3n) is 1.99. The normalized spacial score (nSPS) is 11.9. The van der Waals surface area contributed by atoms with Gasteiger partial charge >= 0.3 is 12.0 Å². The molecule has 0 aliphatic rings. The Morgan fingerprint density at radius 1 is 1.59 bits per heavy atom. The number of aliphatic carboxylic acids is 1. The summed E-state index contributed by atoms with van der Waals surface area (Å²) in [5.74, 6) is -1.16. The van der Waals surface area contributed by atoms with Crippen molar-refractivity contribution in [1.82, 2.24) is 20.2 Å². The smallest absolute Gasteiger partial charge is 0.322 e. The van der Waals surface area contributed by atoms with Crippen molar-refractivity contribution in [3.63, 3.8) is 0 Å². The molecule has 8 nitrogen and oxygen atoms in total. The Morgan fingerprint density at radius 2 is 2.29 bits per heavy atom. The molecule has 94 valence electrons. The minimum Gasteiger partial charge on any atom is -0.480 e. The van der Waals surface area contributed by atoms with E-state index in [9.17, 15) is 9.59 Å². The number of amides is 2. The maximum Gasteiger partial charge on any atom is 0.322 e. The topological polar surface area (TPSA) is 122 Å². The second-order valence-corrected chi connectivity index (χ2v) is 3.54. The number of nitrogens with zero attached hydrogens (tertiary/aromatic N) is 2. The highest BCUT2D eigenvalue weighted by Gasteiger charge is 2.12. The van der Waals surface area contributed by atoms with Crippen molar-refractivity contribution in [1.29, 1.82) is 0 Å². The largest absolute Gasteiger partial charge is 0.480 e. The van der Waals surface area contributed by atoms with Crippen LogP contribution < -0.4 is 16.4 Å². The molecule has 0 spiro atoms. The number of carbonyl (C=O) groups is 2. The first kappa shape index (κ1) is 13.0. The number of nitrogens with one attached hydrogen (secondary N) is 2. The summed E-state index contributed by atoms with van der Waals surface area (Å²) in [4.78, 5) is 25.6. The minimum absolute atomic E-state index is 0.122. The van der Waals surface area contributed by atoms with E-state index >= 15 is 0 Å². The predicted molar refractivity (Wildman–Crippen MR) is 59.1 cm³/mol. The number of aryl methyl sites for hydroxylation is 1. The van der Waals surface area contributed by atoms with E-state index in [1.54, 1.807) is 17.1 Å². The van der Waals surface area contributed by atoms with Gasteiger partial charge in [-0.15, -0.1) is 0 Å². The maximum absolute atomic E-state index is 11.2. The molecule has 1 aromatic rings. The van der Waals surface area contributed by atoms with Crippen molar-refractivity contribution in [2.24, 2.45) is 12.8 Å². The lowest BCUT2D eigenvalue weighted by atomic mass is 10.3. The number of aromatic nitrogens is 2. The first-order chi connectivity index (χ1) is 7.99. The summed E-state index contributed by atoms with van der Waals surface area (Å²) < 4.78 is 1.76. The van der Waals surface area contributed by atoms with Gasteiger partial charge in [0.15, 0.2) is 0 Å². The van der Waals surface area contributed by atoms with Crippen LogP contribution in [0, 0.1) is 0 Å². The summed E-state index contributed by atoms with van der Waals surface area (Å²) in [5.41, 5.74) is 5.93. The zero-order valence-corrected chi connectivity index (χ0v) is 9.38. The molecule has 0 unspecified atom stereocenters. The summed E-state index contributed by atoms with van der Waals surface area (Å²) in [7, 11) is 1.82. The number of hydrogen-bond acceptors (Lipinski definition) is 4. The molecule has 8 heteroatoms. The monoisotopic (exact) mass is 241 g/mol. The summed E-state index contributed by atoms with van der Waals surface area (Å²) in [6.45, 7) is 0.151. The Bertz CT molecular complexity index is 403. The molecule has 0 aromatic carbocycles. The molecule has 0 saturated carbocycles. The fourth-order valence-corrected chi connectivity index (χ4v) is 1.08. The molecule has 2 amide bonds. The summed E-state index contributed by atoms with van der Waals surface area (Å²) in [6, 6.07) is -1.58. The highest BCUT2D eigenvalue weighted by Crippen LogP contribution is 1.92. The Kier molecular flexibility index (Phi) is 4.46. The maximum atomic E-state index is 11.2. The number of carboxylic acid groups (broad SMARTS) is 1. The van der Waals surface area contributed by atoms with Crippen LogP contribution in [0.2, 0.25) is 0 Å². The van der Waals surface area contributed by atoms with Gasteiger partial charge in [0.25, 0.3) is 0 Å². The molecular weight excluding hydrogens is 226 g/mol. The molecule has 1 heterocycles. The van der Waals surface area contributed by atoms with Crippen LogP contribution in [0.25, 0.3) is 0 Å². The second kappa shape index (κ2) is 5.85. The molecule has 0 bridgehead atoms. The van der Waals surface area contributed by atoms with E-state index in [0.717, 1.165) is 0 Å². The average Bonchev–Trinajstić information content (AvgIpc) is 2.69. The number of urea groups is 1. The molecule has 1 rings (SSSR count). The van der Waals surface area contributed by atoms with E-state index in [-0.39, 0.29) is 13.1 Å². The number of nitrogens with two attached hydrogens (primary N) is 1. The molecule has 0 aliphatic carbocycles. The molecular formula is C9H15N5O3. The van der Waals surface area contributed by atoms with Crippen molar-refractivity contribution >= 4 is 12.0 Å². The average molecular weight is 241 g/mol. The summed E-state index contributed by atoms with van der Waals surface area (Å²) in [5, 5.41) is 13.4. The lowest BCUT2D eigenvalue weighted by molar-refractivity contribution is -0.138. The van der Waals surface area contributed by atoms with Crippen LogP contribution in [0.4, 0.5) is 4.79 Å². The number of carbonyl (C=O) groups excluding carboxylic acids is 1. The zero-order chi connectivity index (χ0) is 12.8. The molecule has 0 radical (unpaired) electrons. The van der Waals surface area contributed by atoms with Gasteiger partial charge in [0.2, 0.25) is 0 Å². The Labute approximate surface area is 97.8 Å². The van der Waals surface area contributed by atoms with E-state index in [1.807, 2.05) is 7.05 Å². The standard InChI is InChI=1S/C9H15N5O3/c1-14-4-6(13-5-14)2-11-9(17)12-3-7(10)8(15)16/h4-5,7H,2-3,10H2,1H3,(H,15,16)(H2,11,12,17)/t7-/m0/s1. The van der Waals surface area contributed by atoms with Gasteiger partial charge in [-0.25, -0.2) is 9.78 Å². The molecule has 1 aromatic heterocycles. The van der Waals surface area contributed by atoms with Crippen molar-refractivity contribution in [3.8, 4) is 0 Å². The molecule has 0 aliphatic heterocycles. The molecule has 17 heavy (non-hydrogen) atoms. The third kappa shape index (κ3) is 4.51. The first-order valence-electron chi connectivity index (χ1n) is 4.96. The predicted octanol–water partition coefficient (Wildman–Crippen LogP) is -1.37. The van der Waals surface area contributed by atoms with Crippen molar-refractivity contribution in [3.05, 3.63) is 18.2 Å². The van der Waals surface area contributed by atoms with E-state index in [2.05, 4.69) is 15.6 Å².